The van der Waals surface area contributed by atoms with Crippen LogP contribution in [0.1, 0.15) is 11.7 Å². The molecule has 3 heteroatoms. The molecule has 1 aliphatic rings. The van der Waals surface area contributed by atoms with Crippen molar-refractivity contribution in [2.24, 2.45) is 4.99 Å². The summed E-state index contributed by atoms with van der Waals surface area (Å²) in [5.41, 5.74) is 1.12. The fourth-order valence-electron chi connectivity index (χ4n) is 1.26. The van der Waals surface area contributed by atoms with Crippen LogP contribution in [0, 0.1) is 0 Å². The molecule has 0 saturated heterocycles. The molecular weight excluding hydrogens is 172 g/mol. The molecule has 0 radical (unpaired) electrons. The van der Waals surface area contributed by atoms with E-state index in [4.69, 9.17) is 11.6 Å². The van der Waals surface area contributed by atoms with E-state index in [-0.39, 0.29) is 6.17 Å². The van der Waals surface area contributed by atoms with Gasteiger partial charge >= 0.3 is 0 Å². The highest BCUT2D eigenvalue weighted by Crippen LogP contribution is 2.19. The fourth-order valence-corrected chi connectivity index (χ4v) is 1.45. The SMILES string of the molecule is Clc1cccc(C2N=CCN2)c1. The lowest BCUT2D eigenvalue weighted by atomic mass is 10.2. The summed E-state index contributed by atoms with van der Waals surface area (Å²) in [5, 5.41) is 3.98. The average Bonchev–Trinajstić information content (AvgIpc) is 2.56. The molecular formula is C9H9ClN2. The molecule has 12 heavy (non-hydrogen) atoms. The Labute approximate surface area is 76.3 Å². The molecule has 1 atom stereocenters. The van der Waals surface area contributed by atoms with Gasteiger partial charge in [-0.3, -0.25) is 10.3 Å². The van der Waals surface area contributed by atoms with Crippen LogP contribution >= 0.6 is 11.6 Å². The predicted octanol–water partition coefficient (Wildman–Crippen LogP) is 2.01. The van der Waals surface area contributed by atoms with Gasteiger partial charge in [0, 0.05) is 17.8 Å². The highest BCUT2D eigenvalue weighted by molar-refractivity contribution is 6.30. The first-order valence-corrected chi connectivity index (χ1v) is 4.24. The van der Waals surface area contributed by atoms with Crippen molar-refractivity contribution < 1.29 is 0 Å². The lowest BCUT2D eigenvalue weighted by Crippen LogP contribution is -2.14. The van der Waals surface area contributed by atoms with Gasteiger partial charge in [-0.05, 0) is 17.7 Å². The third-order valence-corrected chi connectivity index (χ3v) is 2.06. The van der Waals surface area contributed by atoms with Crippen LogP contribution in [0.5, 0.6) is 0 Å². The summed E-state index contributed by atoms with van der Waals surface area (Å²) in [4.78, 5) is 4.25. The van der Waals surface area contributed by atoms with Crippen molar-refractivity contribution in [3.05, 3.63) is 34.9 Å². The number of hydrogen-bond donors (Lipinski definition) is 1. The molecule has 0 aliphatic carbocycles. The lowest BCUT2D eigenvalue weighted by molar-refractivity contribution is 0.643. The molecule has 62 valence electrons. The molecule has 1 heterocycles. The van der Waals surface area contributed by atoms with Gasteiger partial charge in [-0.25, -0.2) is 0 Å². The zero-order valence-corrected chi connectivity index (χ0v) is 7.25. The minimum atomic E-state index is 0.101. The van der Waals surface area contributed by atoms with Crippen molar-refractivity contribution in [3.8, 4) is 0 Å². The minimum absolute atomic E-state index is 0.101. The molecule has 0 saturated carbocycles. The summed E-state index contributed by atoms with van der Waals surface area (Å²) in [7, 11) is 0. The van der Waals surface area contributed by atoms with Gasteiger partial charge in [-0.1, -0.05) is 23.7 Å². The third-order valence-electron chi connectivity index (χ3n) is 1.82. The summed E-state index contributed by atoms with van der Waals surface area (Å²) < 4.78 is 0. The Morgan fingerprint density at radius 1 is 1.50 bits per heavy atom. The van der Waals surface area contributed by atoms with E-state index in [2.05, 4.69) is 10.3 Å². The Morgan fingerprint density at radius 3 is 3.08 bits per heavy atom. The van der Waals surface area contributed by atoms with E-state index in [1.807, 2.05) is 30.5 Å². The lowest BCUT2D eigenvalue weighted by Gasteiger charge is -2.07. The van der Waals surface area contributed by atoms with Crippen LogP contribution in [0.3, 0.4) is 0 Å². The number of rotatable bonds is 1. The molecule has 0 spiro atoms. The Bertz CT molecular complexity index is 309. The van der Waals surface area contributed by atoms with E-state index in [1.165, 1.54) is 0 Å². The topological polar surface area (TPSA) is 24.4 Å². The van der Waals surface area contributed by atoms with Crippen LogP contribution in [0.2, 0.25) is 5.02 Å². The van der Waals surface area contributed by atoms with Crippen molar-refractivity contribution in [2.75, 3.05) is 6.54 Å². The summed E-state index contributed by atoms with van der Waals surface area (Å²) in [6, 6.07) is 7.75. The van der Waals surface area contributed by atoms with Gasteiger partial charge in [0.25, 0.3) is 0 Å². The fraction of sp³-hybridized carbons (Fsp3) is 0.222. The molecule has 1 aromatic carbocycles. The van der Waals surface area contributed by atoms with E-state index in [0.29, 0.717) is 0 Å². The summed E-state index contributed by atoms with van der Waals surface area (Å²) >= 11 is 5.84. The summed E-state index contributed by atoms with van der Waals surface area (Å²) in [6.07, 6.45) is 1.98. The van der Waals surface area contributed by atoms with E-state index in [0.717, 1.165) is 17.1 Å². The predicted molar refractivity (Wildman–Crippen MR) is 50.7 cm³/mol. The number of benzene rings is 1. The second-order valence-electron chi connectivity index (χ2n) is 2.70. The maximum absolute atomic E-state index is 5.84. The molecule has 1 aromatic rings. The maximum atomic E-state index is 5.84. The minimum Gasteiger partial charge on any atom is -0.287 e. The van der Waals surface area contributed by atoms with Gasteiger partial charge in [0.15, 0.2) is 0 Å². The largest absolute Gasteiger partial charge is 0.287 e. The van der Waals surface area contributed by atoms with Crippen LogP contribution in [-0.4, -0.2) is 12.8 Å². The summed E-state index contributed by atoms with van der Waals surface area (Å²) in [6.45, 7) is 0.844. The van der Waals surface area contributed by atoms with Gasteiger partial charge in [0.1, 0.15) is 6.17 Å². The van der Waals surface area contributed by atoms with Gasteiger partial charge in [-0.15, -0.1) is 0 Å². The second-order valence-corrected chi connectivity index (χ2v) is 3.13. The molecule has 0 fully saturated rings. The normalized spacial score (nSPS) is 21.6. The van der Waals surface area contributed by atoms with Crippen LogP contribution in [-0.2, 0) is 0 Å². The van der Waals surface area contributed by atoms with Gasteiger partial charge in [0.05, 0.1) is 0 Å². The Kier molecular flexibility index (Phi) is 2.11. The van der Waals surface area contributed by atoms with Crippen LogP contribution in [0.25, 0.3) is 0 Å². The van der Waals surface area contributed by atoms with Crippen molar-refractivity contribution in [2.45, 2.75) is 6.17 Å². The monoisotopic (exact) mass is 180 g/mol. The average molecular weight is 181 g/mol. The highest BCUT2D eigenvalue weighted by atomic mass is 35.5. The first kappa shape index (κ1) is 7.77. The van der Waals surface area contributed by atoms with Crippen molar-refractivity contribution in [1.82, 2.24) is 5.32 Å². The zero-order chi connectivity index (χ0) is 8.39. The molecule has 2 nitrogen and oxygen atoms in total. The molecule has 1 aliphatic heterocycles. The van der Waals surface area contributed by atoms with Crippen LogP contribution < -0.4 is 5.32 Å². The zero-order valence-electron chi connectivity index (χ0n) is 6.50. The third kappa shape index (κ3) is 1.49. The van der Waals surface area contributed by atoms with E-state index < -0.39 is 0 Å². The van der Waals surface area contributed by atoms with E-state index in [9.17, 15) is 0 Å². The first-order valence-electron chi connectivity index (χ1n) is 3.87. The number of nitrogens with zero attached hydrogens (tertiary/aromatic N) is 1. The molecule has 0 amide bonds. The Hall–Kier alpha value is -0.860. The number of nitrogens with one attached hydrogen (secondary N) is 1. The van der Waals surface area contributed by atoms with Gasteiger partial charge in [-0.2, -0.15) is 0 Å². The van der Waals surface area contributed by atoms with Crippen LogP contribution in [0.15, 0.2) is 29.3 Å². The number of halogens is 1. The van der Waals surface area contributed by atoms with E-state index >= 15 is 0 Å². The van der Waals surface area contributed by atoms with Crippen molar-refractivity contribution >= 4 is 17.8 Å². The quantitative estimate of drug-likeness (QED) is 0.703. The van der Waals surface area contributed by atoms with E-state index in [1.54, 1.807) is 0 Å². The van der Waals surface area contributed by atoms with Crippen molar-refractivity contribution in [3.63, 3.8) is 0 Å². The first-order chi connectivity index (χ1) is 5.86. The van der Waals surface area contributed by atoms with Crippen LogP contribution in [0.4, 0.5) is 0 Å². The van der Waals surface area contributed by atoms with Gasteiger partial charge < -0.3 is 0 Å². The second kappa shape index (κ2) is 3.25. The summed E-state index contributed by atoms with van der Waals surface area (Å²) in [5.74, 6) is 0. The molecule has 2 rings (SSSR count). The smallest absolute Gasteiger partial charge is 0.125 e. The number of aliphatic imine (C=N–C) groups is 1. The maximum Gasteiger partial charge on any atom is 0.125 e. The molecule has 0 aromatic heterocycles. The molecule has 1 N–H and O–H groups in total. The number of hydrogen-bond acceptors (Lipinski definition) is 2. The Morgan fingerprint density at radius 2 is 2.42 bits per heavy atom. The highest BCUT2D eigenvalue weighted by Gasteiger charge is 2.11. The van der Waals surface area contributed by atoms with Crippen molar-refractivity contribution in [1.29, 1.82) is 0 Å². The van der Waals surface area contributed by atoms with Gasteiger partial charge in [0.2, 0.25) is 0 Å². The standard InChI is InChI=1S/C9H9ClN2/c10-8-3-1-2-7(6-8)9-11-4-5-12-9/h1-4,6,9,12H,5H2. The Balaban J connectivity index is 2.27. The molecule has 1 unspecified atom stereocenters. The molecule has 0 bridgehead atoms.